The highest BCUT2D eigenvalue weighted by atomic mass is 19.1. The normalized spacial score (nSPS) is 11.2. The lowest BCUT2D eigenvalue weighted by Crippen LogP contribution is -2.30. The molecule has 0 aliphatic rings. The van der Waals surface area contributed by atoms with Gasteiger partial charge in [0.1, 0.15) is 5.84 Å². The third kappa shape index (κ3) is 4.62. The van der Waals surface area contributed by atoms with Crippen LogP contribution in [-0.4, -0.2) is 42.1 Å². The van der Waals surface area contributed by atoms with Gasteiger partial charge in [-0.05, 0) is 25.1 Å². The van der Waals surface area contributed by atoms with Crippen molar-refractivity contribution in [2.45, 2.75) is 13.5 Å². The van der Waals surface area contributed by atoms with Crippen LogP contribution < -0.4 is 19.8 Å². The van der Waals surface area contributed by atoms with Gasteiger partial charge in [0.15, 0.2) is 11.6 Å². The van der Waals surface area contributed by atoms with Gasteiger partial charge in [0.25, 0.3) is 0 Å². The molecule has 2 aromatic heterocycles. The Bertz CT molecular complexity index is 1010. The molecule has 0 saturated heterocycles. The van der Waals surface area contributed by atoms with E-state index in [-0.39, 0.29) is 5.75 Å². The van der Waals surface area contributed by atoms with Crippen LogP contribution in [0.1, 0.15) is 12.6 Å². The van der Waals surface area contributed by atoms with Gasteiger partial charge in [0, 0.05) is 18.7 Å². The van der Waals surface area contributed by atoms with Gasteiger partial charge < -0.3 is 19.8 Å². The van der Waals surface area contributed by atoms with Crippen LogP contribution in [-0.2, 0) is 6.54 Å². The highest BCUT2D eigenvalue weighted by molar-refractivity contribution is 5.95. The van der Waals surface area contributed by atoms with Crippen LogP contribution in [0.15, 0.2) is 54.0 Å². The van der Waals surface area contributed by atoms with Gasteiger partial charge in [-0.2, -0.15) is 5.10 Å². The van der Waals surface area contributed by atoms with Crippen LogP contribution >= 0.6 is 0 Å². The first-order chi connectivity index (χ1) is 14.6. The zero-order chi connectivity index (χ0) is 21.5. The summed E-state index contributed by atoms with van der Waals surface area (Å²) in [6.45, 7) is 2.29. The van der Waals surface area contributed by atoms with Gasteiger partial charge in [0.2, 0.25) is 5.88 Å². The first-order valence-corrected chi connectivity index (χ1v) is 9.19. The Kier molecular flexibility index (Phi) is 6.74. The summed E-state index contributed by atoms with van der Waals surface area (Å²) in [7, 11) is 4.72. The molecule has 0 saturated carbocycles. The van der Waals surface area contributed by atoms with Gasteiger partial charge in [-0.15, -0.1) is 0 Å². The molecule has 0 aliphatic carbocycles. The van der Waals surface area contributed by atoms with Gasteiger partial charge >= 0.3 is 0 Å². The van der Waals surface area contributed by atoms with E-state index in [1.807, 2.05) is 17.9 Å². The third-order valence-electron chi connectivity index (χ3n) is 4.38. The zero-order valence-electron chi connectivity index (χ0n) is 17.3. The van der Waals surface area contributed by atoms with Crippen molar-refractivity contribution in [3.8, 4) is 22.9 Å². The Labute approximate surface area is 174 Å². The molecular formula is C21H23FN6O2. The molecule has 3 aromatic rings. The Morgan fingerprint density at radius 3 is 2.50 bits per heavy atom. The van der Waals surface area contributed by atoms with Crippen molar-refractivity contribution in [2.75, 3.05) is 26.2 Å². The maximum absolute atomic E-state index is 14.0. The van der Waals surface area contributed by atoms with Gasteiger partial charge in [-0.25, -0.2) is 9.37 Å². The molecule has 3 rings (SSSR count). The van der Waals surface area contributed by atoms with Crippen molar-refractivity contribution in [1.29, 1.82) is 0 Å². The summed E-state index contributed by atoms with van der Waals surface area (Å²) in [6.07, 6.45) is 4.95. The second-order valence-electron chi connectivity index (χ2n) is 6.24. The quantitative estimate of drug-likeness (QED) is 0.364. The Balaban J connectivity index is 1.88. The lowest BCUT2D eigenvalue weighted by molar-refractivity contribution is 0.388. The van der Waals surface area contributed by atoms with Crippen LogP contribution in [0.3, 0.4) is 0 Å². The average molecular weight is 410 g/mol. The monoisotopic (exact) mass is 410 g/mol. The fourth-order valence-electron chi connectivity index (χ4n) is 2.92. The number of halogens is 1. The van der Waals surface area contributed by atoms with Gasteiger partial charge in [-0.1, -0.05) is 6.07 Å². The summed E-state index contributed by atoms with van der Waals surface area (Å²) < 4.78 is 24.3. The Hall–Kier alpha value is -3.75. The fourth-order valence-corrected chi connectivity index (χ4v) is 2.92. The van der Waals surface area contributed by atoms with Crippen LogP contribution in [0, 0.1) is 5.82 Å². The highest BCUT2D eigenvalue weighted by Gasteiger charge is 2.15. The molecule has 156 valence electrons. The molecule has 0 aliphatic heterocycles. The molecule has 2 heterocycles. The van der Waals surface area contributed by atoms with Crippen molar-refractivity contribution in [3.63, 3.8) is 0 Å². The van der Waals surface area contributed by atoms with Crippen molar-refractivity contribution in [3.05, 3.63) is 60.4 Å². The number of pyridine rings is 1. The van der Waals surface area contributed by atoms with E-state index < -0.39 is 5.82 Å². The molecule has 9 heteroatoms. The Morgan fingerprint density at radius 1 is 1.07 bits per heavy atom. The number of ether oxygens (including phenoxy) is 2. The third-order valence-corrected chi connectivity index (χ3v) is 4.38. The number of nitrogens with one attached hydrogen (secondary N) is 1. The minimum atomic E-state index is -0.446. The first-order valence-electron chi connectivity index (χ1n) is 9.19. The average Bonchev–Trinajstić information content (AvgIpc) is 2.78. The van der Waals surface area contributed by atoms with Gasteiger partial charge in [-0.3, -0.25) is 9.97 Å². The number of hydrazone groups is 1. The summed E-state index contributed by atoms with van der Waals surface area (Å²) in [5.41, 5.74) is 5.38. The molecule has 1 aromatic carbocycles. The van der Waals surface area contributed by atoms with E-state index in [1.54, 1.807) is 50.9 Å². The molecule has 0 fully saturated rings. The van der Waals surface area contributed by atoms with Crippen molar-refractivity contribution in [2.24, 2.45) is 5.10 Å². The lowest BCUT2D eigenvalue weighted by atomic mass is 10.1. The number of benzene rings is 1. The maximum atomic E-state index is 14.0. The minimum absolute atomic E-state index is 0.141. The van der Waals surface area contributed by atoms with E-state index in [0.29, 0.717) is 29.4 Å². The van der Waals surface area contributed by atoms with E-state index in [2.05, 4.69) is 25.5 Å². The zero-order valence-corrected chi connectivity index (χ0v) is 17.3. The van der Waals surface area contributed by atoms with E-state index in [4.69, 9.17) is 9.47 Å². The lowest BCUT2D eigenvalue weighted by Gasteiger charge is -2.23. The summed E-state index contributed by atoms with van der Waals surface area (Å²) in [5.74, 6) is 0.942. The second kappa shape index (κ2) is 9.64. The number of amidine groups is 1. The molecule has 8 nitrogen and oxygen atoms in total. The number of nitrogens with zero attached hydrogens (tertiary/aromatic N) is 5. The molecule has 0 unspecified atom stereocenters. The number of hydrogen-bond donors (Lipinski definition) is 1. The summed E-state index contributed by atoms with van der Waals surface area (Å²) in [6, 6.07) is 8.36. The van der Waals surface area contributed by atoms with E-state index in [9.17, 15) is 4.39 Å². The predicted molar refractivity (Wildman–Crippen MR) is 113 cm³/mol. The number of methoxy groups -OCH3 is 2. The molecule has 0 spiro atoms. The number of rotatable bonds is 7. The number of aromatic nitrogens is 3. The van der Waals surface area contributed by atoms with E-state index >= 15 is 0 Å². The maximum Gasteiger partial charge on any atom is 0.213 e. The number of para-hydroxylation sites is 1. The fraction of sp³-hybridized carbons (Fsp3) is 0.238. The molecule has 0 atom stereocenters. The predicted octanol–water partition coefficient (Wildman–Crippen LogP) is 3.25. The van der Waals surface area contributed by atoms with Crippen molar-refractivity contribution in [1.82, 2.24) is 20.4 Å². The van der Waals surface area contributed by atoms with Crippen LogP contribution in [0.5, 0.6) is 11.6 Å². The van der Waals surface area contributed by atoms with Crippen LogP contribution in [0.25, 0.3) is 11.3 Å². The van der Waals surface area contributed by atoms with Crippen molar-refractivity contribution < 1.29 is 13.9 Å². The number of anilines is 1. The largest absolute Gasteiger partial charge is 0.493 e. The molecule has 30 heavy (non-hydrogen) atoms. The SMILES string of the molecule is CN/N=C(/C)N(Cc1cnc(-c2cccc(F)c2OC)cn1)c1ccc(OC)nc1. The molecule has 0 amide bonds. The highest BCUT2D eigenvalue weighted by Crippen LogP contribution is 2.30. The second-order valence-corrected chi connectivity index (χ2v) is 6.24. The first kappa shape index (κ1) is 21.0. The topological polar surface area (TPSA) is 84.8 Å². The van der Waals surface area contributed by atoms with Gasteiger partial charge in [0.05, 0.1) is 56.4 Å². The molecule has 0 bridgehead atoms. The smallest absolute Gasteiger partial charge is 0.213 e. The summed E-state index contributed by atoms with van der Waals surface area (Å²) in [5, 5.41) is 4.26. The van der Waals surface area contributed by atoms with E-state index in [1.165, 1.54) is 13.2 Å². The van der Waals surface area contributed by atoms with Crippen LogP contribution in [0.4, 0.5) is 10.1 Å². The summed E-state index contributed by atoms with van der Waals surface area (Å²) in [4.78, 5) is 15.1. The molecule has 1 N–H and O–H groups in total. The molecule has 0 radical (unpaired) electrons. The Morgan fingerprint density at radius 2 is 1.90 bits per heavy atom. The minimum Gasteiger partial charge on any atom is -0.493 e. The molecular weight excluding hydrogens is 387 g/mol. The van der Waals surface area contributed by atoms with E-state index in [0.717, 1.165) is 11.5 Å². The van der Waals surface area contributed by atoms with Crippen LogP contribution in [0.2, 0.25) is 0 Å². The van der Waals surface area contributed by atoms with Crippen molar-refractivity contribution >= 4 is 11.5 Å². The summed E-state index contributed by atoms with van der Waals surface area (Å²) >= 11 is 0. The standard InChI is InChI=1S/C21H23FN6O2/c1-14(27-23-2)28(16-8-9-20(29-3)26-11-16)13-15-10-25-19(12-24-15)17-6-5-7-18(22)21(17)30-4/h5-12,23H,13H2,1-4H3/b27-14-. The number of hydrogen-bond acceptors (Lipinski definition) is 7.